The van der Waals surface area contributed by atoms with E-state index >= 15 is 0 Å². The van der Waals surface area contributed by atoms with Gasteiger partial charge in [0.05, 0.1) is 4.92 Å². The number of nitro groups is 1. The van der Waals surface area contributed by atoms with Gasteiger partial charge < -0.3 is 5.73 Å². The molecule has 0 aliphatic carbocycles. The summed E-state index contributed by atoms with van der Waals surface area (Å²) in [5.41, 5.74) is 5.33. The van der Waals surface area contributed by atoms with Crippen LogP contribution in [-0.2, 0) is 0 Å². The van der Waals surface area contributed by atoms with Crippen LogP contribution in [0, 0.1) is 21.7 Å². The minimum absolute atomic E-state index is 0.0985. The molecule has 0 radical (unpaired) electrons. The number of nitrogens with zero attached hydrogens (tertiary/aromatic N) is 1. The van der Waals surface area contributed by atoms with Crippen molar-refractivity contribution in [3.8, 4) is 0 Å². The fourth-order valence-electron chi connectivity index (χ4n) is 0.699. The second-order valence-corrected chi connectivity index (χ2v) is 2.45. The van der Waals surface area contributed by atoms with Gasteiger partial charge in [-0.2, -0.15) is 0 Å². The summed E-state index contributed by atoms with van der Waals surface area (Å²) in [7, 11) is 0. The predicted octanol–water partition coefficient (Wildman–Crippen LogP) is 0.873. The van der Waals surface area contributed by atoms with E-state index < -0.39 is 4.92 Å². The van der Waals surface area contributed by atoms with Gasteiger partial charge in [0.25, 0.3) is 5.69 Å². The molecule has 0 bridgehead atoms. The fourth-order valence-corrected chi connectivity index (χ4v) is 0.894. The molecular weight excluding hydrogens is 168 g/mol. The van der Waals surface area contributed by atoms with Crippen LogP contribution in [0.4, 0.5) is 11.4 Å². The van der Waals surface area contributed by atoms with Crippen molar-refractivity contribution in [2.45, 2.75) is 0 Å². The lowest BCUT2D eigenvalue weighted by Gasteiger charge is -1.92. The largest absolute Gasteiger partial charge is 0.393 e. The standard InChI is InChI=1S/C6H6ClN2O2/c7-4-1-2-6(9(10)11)5(8)3-4/h1-3,7H,8H2/q+1. The normalized spacial score (nSPS) is 9.55. The lowest BCUT2D eigenvalue weighted by Crippen LogP contribution is -1.94. The molecule has 0 fully saturated rings. The van der Waals surface area contributed by atoms with Gasteiger partial charge in [-0.1, -0.05) is 0 Å². The fraction of sp³-hybridized carbons (Fsp3) is 0. The summed E-state index contributed by atoms with van der Waals surface area (Å²) in [5.74, 6) is 0. The van der Waals surface area contributed by atoms with Gasteiger partial charge in [0.2, 0.25) is 5.02 Å². The molecule has 11 heavy (non-hydrogen) atoms. The minimum atomic E-state index is -0.538. The predicted molar refractivity (Wildman–Crippen MR) is 38.1 cm³/mol. The second-order valence-electron chi connectivity index (χ2n) is 1.98. The lowest BCUT2D eigenvalue weighted by atomic mass is 10.3. The number of hydrogen-bond acceptors (Lipinski definition) is 3. The van der Waals surface area contributed by atoms with Crippen molar-refractivity contribution in [3.05, 3.63) is 33.3 Å². The molecule has 2 N–H and O–H groups in total. The summed E-state index contributed by atoms with van der Waals surface area (Å²) < 4.78 is 0. The third-order valence-electron chi connectivity index (χ3n) is 1.20. The summed E-state index contributed by atoms with van der Waals surface area (Å²) in [6, 6.07) is 4.18. The van der Waals surface area contributed by atoms with Crippen molar-refractivity contribution in [3.63, 3.8) is 0 Å². The first kappa shape index (κ1) is 7.81. The van der Waals surface area contributed by atoms with Gasteiger partial charge in [0, 0.05) is 18.2 Å². The third-order valence-corrected chi connectivity index (χ3v) is 1.45. The molecule has 0 atom stereocenters. The van der Waals surface area contributed by atoms with Gasteiger partial charge in [-0.3, -0.25) is 10.1 Å². The van der Waals surface area contributed by atoms with Crippen molar-refractivity contribution < 1.29 is 16.5 Å². The van der Waals surface area contributed by atoms with Crippen LogP contribution < -0.4 is 5.73 Å². The van der Waals surface area contributed by atoms with E-state index in [1.54, 1.807) is 0 Å². The van der Waals surface area contributed by atoms with Crippen LogP contribution in [-0.4, -0.2) is 4.92 Å². The van der Waals surface area contributed by atoms with Crippen molar-refractivity contribution in [1.82, 2.24) is 0 Å². The molecule has 1 aromatic rings. The van der Waals surface area contributed by atoms with Gasteiger partial charge in [-0.15, -0.1) is 0 Å². The first-order chi connectivity index (χ1) is 5.11. The lowest BCUT2D eigenvalue weighted by molar-refractivity contribution is -0.384. The van der Waals surface area contributed by atoms with Crippen molar-refractivity contribution in [1.29, 1.82) is 0 Å². The highest BCUT2D eigenvalue weighted by atomic mass is 35.5. The average Bonchev–Trinajstić information content (AvgIpc) is 1.85. The molecule has 1 aromatic carbocycles. The topological polar surface area (TPSA) is 69.2 Å². The smallest absolute Gasteiger partial charge is 0.292 e. The van der Waals surface area contributed by atoms with Gasteiger partial charge >= 0.3 is 0 Å². The van der Waals surface area contributed by atoms with E-state index in [1.165, 1.54) is 18.2 Å². The highest BCUT2D eigenvalue weighted by Gasteiger charge is 2.12. The summed E-state index contributed by atoms with van der Waals surface area (Å²) in [5, 5.41) is 10.7. The van der Waals surface area contributed by atoms with Crippen LogP contribution in [0.3, 0.4) is 0 Å². The van der Waals surface area contributed by atoms with E-state index in [0.29, 0.717) is 5.02 Å². The zero-order chi connectivity index (χ0) is 8.43. The van der Waals surface area contributed by atoms with Crippen molar-refractivity contribution >= 4 is 11.4 Å². The number of nitro benzene ring substituents is 1. The number of benzene rings is 1. The minimum Gasteiger partial charge on any atom is -0.393 e. The van der Waals surface area contributed by atoms with Crippen LogP contribution in [0.2, 0.25) is 5.02 Å². The molecule has 58 valence electrons. The Morgan fingerprint density at radius 2 is 2.18 bits per heavy atom. The number of rotatable bonds is 1. The summed E-state index contributed by atoms with van der Waals surface area (Å²) in [6.07, 6.45) is 0. The molecule has 5 heteroatoms. The maximum Gasteiger partial charge on any atom is 0.292 e. The molecule has 0 saturated heterocycles. The van der Waals surface area contributed by atoms with Crippen LogP contribution in [0.5, 0.6) is 0 Å². The summed E-state index contributed by atoms with van der Waals surface area (Å²) in [4.78, 5) is 9.69. The van der Waals surface area contributed by atoms with E-state index in [-0.39, 0.29) is 11.4 Å². The first-order valence-corrected chi connectivity index (χ1v) is 3.23. The number of halogens is 1. The van der Waals surface area contributed by atoms with Crippen molar-refractivity contribution in [2.75, 3.05) is 5.73 Å². The monoisotopic (exact) mass is 173 g/mol. The Morgan fingerprint density at radius 3 is 2.64 bits per heavy atom. The molecule has 0 heterocycles. The zero-order valence-corrected chi connectivity index (χ0v) is 6.30. The number of anilines is 1. The van der Waals surface area contributed by atoms with Crippen LogP contribution in [0.15, 0.2) is 18.2 Å². The third kappa shape index (κ3) is 1.59. The molecule has 0 amide bonds. The van der Waals surface area contributed by atoms with Gasteiger partial charge in [-0.25, -0.2) is 0 Å². The molecule has 4 nitrogen and oxygen atoms in total. The molecule has 0 aromatic heterocycles. The molecule has 0 aliphatic heterocycles. The molecule has 0 unspecified atom stereocenters. The number of hydrogen-bond donors (Lipinski definition) is 1. The Bertz CT molecular complexity index is 301. The summed E-state index contributed by atoms with van der Waals surface area (Å²) in [6.45, 7) is 0. The van der Waals surface area contributed by atoms with E-state index in [2.05, 4.69) is 0 Å². The van der Waals surface area contributed by atoms with E-state index in [4.69, 9.17) is 17.3 Å². The Kier molecular flexibility index (Phi) is 1.96. The Labute approximate surface area is 67.7 Å². The average molecular weight is 174 g/mol. The Hall–Kier alpha value is -1.29. The van der Waals surface area contributed by atoms with Gasteiger partial charge in [0.1, 0.15) is 5.69 Å². The van der Waals surface area contributed by atoms with E-state index in [1.807, 2.05) is 0 Å². The van der Waals surface area contributed by atoms with Crippen LogP contribution >= 0.6 is 0 Å². The Morgan fingerprint density at radius 1 is 1.55 bits per heavy atom. The maximum absolute atomic E-state index is 10.2. The van der Waals surface area contributed by atoms with Gasteiger partial charge in [-0.05, 0) is 0 Å². The SMILES string of the molecule is Nc1cc([ClH+])ccc1[N+](=O)[O-]. The maximum atomic E-state index is 10.2. The molecule has 0 aliphatic rings. The first-order valence-electron chi connectivity index (χ1n) is 2.82. The van der Waals surface area contributed by atoms with Gasteiger partial charge in [0.15, 0.2) is 11.6 Å². The Balaban J connectivity index is 3.20. The quantitative estimate of drug-likeness (QED) is 0.389. The van der Waals surface area contributed by atoms with Crippen LogP contribution in [0.1, 0.15) is 0 Å². The zero-order valence-electron chi connectivity index (χ0n) is 5.48. The van der Waals surface area contributed by atoms with E-state index in [9.17, 15) is 10.1 Å². The molecule has 0 saturated carbocycles. The highest BCUT2D eigenvalue weighted by molar-refractivity contribution is 5.58. The number of nitrogens with two attached hydrogens (primary N) is 1. The van der Waals surface area contributed by atoms with E-state index in [0.717, 1.165) is 0 Å². The highest BCUT2D eigenvalue weighted by Crippen LogP contribution is 2.21. The molecule has 1 rings (SSSR count). The second kappa shape index (κ2) is 2.75. The summed E-state index contributed by atoms with van der Waals surface area (Å²) >= 11 is 4.74. The molecular formula is C6H6ClN2O2+. The number of nitrogen functional groups attached to an aromatic ring is 1. The van der Waals surface area contributed by atoms with Crippen LogP contribution in [0.25, 0.3) is 0 Å². The molecule has 0 spiro atoms. The van der Waals surface area contributed by atoms with Crippen molar-refractivity contribution in [2.24, 2.45) is 0 Å².